The van der Waals surface area contributed by atoms with E-state index in [9.17, 15) is 14.9 Å². The molecule has 0 radical (unpaired) electrons. The van der Waals surface area contributed by atoms with Crippen molar-refractivity contribution in [2.75, 3.05) is 30.3 Å². The molecule has 1 aliphatic heterocycles. The van der Waals surface area contributed by atoms with Crippen molar-refractivity contribution in [3.63, 3.8) is 0 Å². The molecule has 3 aromatic rings. The van der Waals surface area contributed by atoms with Gasteiger partial charge < -0.3 is 10.2 Å². The molecule has 0 spiro atoms. The Hall–Kier alpha value is -3.21. The zero-order valence-electron chi connectivity index (χ0n) is 18.8. The summed E-state index contributed by atoms with van der Waals surface area (Å²) in [5, 5.41) is 20.2. The lowest BCUT2D eigenvalue weighted by Gasteiger charge is -2.28. The van der Waals surface area contributed by atoms with E-state index in [4.69, 9.17) is 9.97 Å². The molecule has 1 saturated heterocycles. The Morgan fingerprint density at radius 1 is 1.24 bits per heavy atom. The number of hydrogen-bond acceptors (Lipinski definition) is 8. The summed E-state index contributed by atoms with van der Waals surface area (Å²) in [6.45, 7) is 6.35. The molecule has 10 nitrogen and oxygen atoms in total. The number of fused-ring (bicyclic) bond motifs is 1. The number of nitro groups is 1. The zero-order chi connectivity index (χ0) is 23.4. The molecule has 0 aliphatic carbocycles. The molecule has 1 N–H and O–H groups in total. The average molecular weight is 470 g/mol. The molecule has 1 aromatic carbocycles. The number of nitro benzene ring substituents is 1. The van der Waals surface area contributed by atoms with Crippen LogP contribution in [-0.2, 0) is 6.54 Å². The molecule has 0 saturated carbocycles. The smallest absolute Gasteiger partial charge is 0.273 e. The number of anilines is 1. The minimum atomic E-state index is -0.479. The highest BCUT2D eigenvalue weighted by Gasteiger charge is 2.21. The van der Waals surface area contributed by atoms with E-state index in [1.165, 1.54) is 18.6 Å². The normalized spacial score (nSPS) is 13.9. The van der Waals surface area contributed by atoms with Crippen molar-refractivity contribution in [3.8, 4) is 0 Å². The number of thioether (sulfide) groups is 1. The van der Waals surface area contributed by atoms with Gasteiger partial charge in [0.25, 0.3) is 11.6 Å². The van der Waals surface area contributed by atoms with Crippen molar-refractivity contribution in [1.82, 2.24) is 25.1 Å². The first-order valence-electron chi connectivity index (χ1n) is 11.1. The van der Waals surface area contributed by atoms with Crippen molar-refractivity contribution >= 4 is 40.2 Å². The van der Waals surface area contributed by atoms with Crippen LogP contribution in [0.3, 0.4) is 0 Å². The van der Waals surface area contributed by atoms with Gasteiger partial charge in [-0.15, -0.1) is 0 Å². The van der Waals surface area contributed by atoms with Crippen LogP contribution in [0.1, 0.15) is 42.1 Å². The predicted molar refractivity (Wildman–Crippen MR) is 128 cm³/mol. The van der Waals surface area contributed by atoms with Crippen molar-refractivity contribution in [2.24, 2.45) is 0 Å². The SMILES string of the molecule is CCSc1nc(N2CCCCC2)c2cnn(CCNC(=O)c3cccc([N+](=O)[O-])c3C)c2n1. The lowest BCUT2D eigenvalue weighted by atomic mass is 10.1. The van der Waals surface area contributed by atoms with E-state index in [2.05, 4.69) is 22.2 Å². The second-order valence-electron chi connectivity index (χ2n) is 7.88. The summed E-state index contributed by atoms with van der Waals surface area (Å²) in [6, 6.07) is 4.51. The van der Waals surface area contributed by atoms with Gasteiger partial charge in [-0.05, 0) is 38.0 Å². The van der Waals surface area contributed by atoms with Gasteiger partial charge in [0.2, 0.25) is 0 Å². The van der Waals surface area contributed by atoms with Gasteiger partial charge in [0.1, 0.15) is 5.82 Å². The second kappa shape index (κ2) is 10.2. The van der Waals surface area contributed by atoms with Crippen molar-refractivity contribution in [1.29, 1.82) is 0 Å². The highest BCUT2D eigenvalue weighted by Crippen LogP contribution is 2.29. The number of carbonyl (C=O) groups excluding carboxylic acids is 1. The monoisotopic (exact) mass is 469 g/mol. The van der Waals surface area contributed by atoms with Crippen molar-refractivity contribution in [2.45, 2.75) is 44.8 Å². The molecular weight excluding hydrogens is 442 g/mol. The Labute approximate surface area is 195 Å². The summed E-state index contributed by atoms with van der Waals surface area (Å²) in [4.78, 5) is 35.1. The third kappa shape index (κ3) is 4.92. The Kier molecular flexibility index (Phi) is 7.07. The summed E-state index contributed by atoms with van der Waals surface area (Å²) in [6.07, 6.45) is 5.34. The third-order valence-electron chi connectivity index (χ3n) is 5.74. The number of nitrogens with one attached hydrogen (secondary N) is 1. The molecule has 0 atom stereocenters. The number of piperidine rings is 1. The number of nitrogens with zero attached hydrogens (tertiary/aromatic N) is 6. The average Bonchev–Trinajstić information content (AvgIpc) is 3.22. The molecule has 1 amide bonds. The van der Waals surface area contributed by atoms with Crippen LogP contribution >= 0.6 is 11.8 Å². The molecule has 174 valence electrons. The fraction of sp³-hybridized carbons (Fsp3) is 0.455. The maximum Gasteiger partial charge on any atom is 0.273 e. The Balaban J connectivity index is 1.52. The largest absolute Gasteiger partial charge is 0.356 e. The Morgan fingerprint density at radius 2 is 2.03 bits per heavy atom. The highest BCUT2D eigenvalue weighted by molar-refractivity contribution is 7.99. The van der Waals surface area contributed by atoms with Crippen LogP contribution in [-0.4, -0.2) is 56.0 Å². The number of aromatic nitrogens is 4. The van der Waals surface area contributed by atoms with Crippen LogP contribution in [0.25, 0.3) is 11.0 Å². The van der Waals surface area contributed by atoms with Crippen LogP contribution in [0, 0.1) is 17.0 Å². The molecule has 1 aliphatic rings. The van der Waals surface area contributed by atoms with Crippen molar-refractivity contribution < 1.29 is 9.72 Å². The first kappa shape index (κ1) is 23.0. The van der Waals surface area contributed by atoms with Gasteiger partial charge in [-0.1, -0.05) is 24.8 Å². The third-order valence-corrected chi connectivity index (χ3v) is 6.47. The van der Waals surface area contributed by atoms with Gasteiger partial charge in [-0.25, -0.2) is 14.6 Å². The van der Waals surface area contributed by atoms with E-state index in [1.54, 1.807) is 35.6 Å². The summed E-state index contributed by atoms with van der Waals surface area (Å²) in [7, 11) is 0. The second-order valence-corrected chi connectivity index (χ2v) is 9.11. The maximum absolute atomic E-state index is 12.6. The maximum atomic E-state index is 12.6. The van der Waals surface area contributed by atoms with Crippen LogP contribution in [0.15, 0.2) is 29.6 Å². The molecule has 2 aromatic heterocycles. The van der Waals surface area contributed by atoms with E-state index in [1.807, 2.05) is 0 Å². The molecule has 4 rings (SSSR count). The zero-order valence-corrected chi connectivity index (χ0v) is 19.6. The summed E-state index contributed by atoms with van der Waals surface area (Å²) >= 11 is 1.60. The first-order valence-corrected chi connectivity index (χ1v) is 12.1. The minimum Gasteiger partial charge on any atom is -0.356 e. The molecule has 1 fully saturated rings. The van der Waals surface area contributed by atoms with Crippen LogP contribution in [0.4, 0.5) is 11.5 Å². The molecular formula is C22H27N7O3S. The lowest BCUT2D eigenvalue weighted by molar-refractivity contribution is -0.385. The molecule has 3 heterocycles. The predicted octanol–water partition coefficient (Wildman–Crippen LogP) is 3.58. The van der Waals surface area contributed by atoms with E-state index in [0.717, 1.165) is 53.7 Å². The van der Waals surface area contributed by atoms with E-state index in [-0.39, 0.29) is 11.6 Å². The number of carbonyl (C=O) groups is 1. The van der Waals surface area contributed by atoms with Crippen LogP contribution in [0.2, 0.25) is 0 Å². The number of hydrogen-bond donors (Lipinski definition) is 1. The molecule has 11 heteroatoms. The van der Waals surface area contributed by atoms with Gasteiger partial charge in [0.15, 0.2) is 10.8 Å². The van der Waals surface area contributed by atoms with Gasteiger partial charge >= 0.3 is 0 Å². The fourth-order valence-electron chi connectivity index (χ4n) is 4.06. The number of amides is 1. The van der Waals surface area contributed by atoms with Gasteiger partial charge in [-0.3, -0.25) is 14.9 Å². The van der Waals surface area contributed by atoms with E-state index >= 15 is 0 Å². The standard InChI is InChI=1S/C22H27N7O3S/c1-3-33-22-25-19(27-11-5-4-6-12-27)17-14-24-28(20(17)26-22)13-10-23-21(30)16-8-7-9-18(15(16)2)29(31)32/h7-9,14H,3-6,10-13H2,1-2H3,(H,23,30). The fourth-order valence-corrected chi connectivity index (χ4v) is 4.62. The number of rotatable bonds is 8. The minimum absolute atomic E-state index is 0.0661. The van der Waals surface area contributed by atoms with Gasteiger partial charge in [0.05, 0.1) is 23.1 Å². The van der Waals surface area contributed by atoms with Gasteiger partial charge in [0, 0.05) is 36.8 Å². The van der Waals surface area contributed by atoms with Crippen LogP contribution < -0.4 is 10.2 Å². The summed E-state index contributed by atoms with van der Waals surface area (Å²) < 4.78 is 1.78. The van der Waals surface area contributed by atoms with E-state index < -0.39 is 4.92 Å². The summed E-state index contributed by atoms with van der Waals surface area (Å²) in [5.74, 6) is 1.45. The Bertz CT molecular complexity index is 1170. The highest BCUT2D eigenvalue weighted by atomic mass is 32.2. The van der Waals surface area contributed by atoms with Crippen molar-refractivity contribution in [3.05, 3.63) is 45.6 Å². The molecule has 0 unspecified atom stereocenters. The first-order chi connectivity index (χ1) is 16.0. The number of benzene rings is 1. The van der Waals surface area contributed by atoms with Crippen LogP contribution in [0.5, 0.6) is 0 Å². The van der Waals surface area contributed by atoms with E-state index in [0.29, 0.717) is 24.2 Å². The lowest BCUT2D eigenvalue weighted by Crippen LogP contribution is -2.30. The quantitative estimate of drug-likeness (QED) is 0.230. The molecule has 0 bridgehead atoms. The Morgan fingerprint density at radius 3 is 2.76 bits per heavy atom. The topological polar surface area (TPSA) is 119 Å². The molecule has 33 heavy (non-hydrogen) atoms. The van der Waals surface area contributed by atoms with Gasteiger partial charge in [-0.2, -0.15) is 5.10 Å². The summed E-state index contributed by atoms with van der Waals surface area (Å²) in [5.41, 5.74) is 1.33.